The predicted molar refractivity (Wildman–Crippen MR) is 79.1 cm³/mol. The second-order valence-corrected chi connectivity index (χ2v) is 4.69. The van der Waals surface area contributed by atoms with Gasteiger partial charge in [0.1, 0.15) is 5.75 Å². The lowest BCUT2D eigenvalue weighted by Crippen LogP contribution is -2.45. The zero-order chi connectivity index (χ0) is 16.4. The van der Waals surface area contributed by atoms with Crippen LogP contribution in [0, 0.1) is 0 Å². The number of hydrogen-bond donors (Lipinski definition) is 2. The molecule has 2 amide bonds. The molecule has 8 heteroatoms. The first-order valence-electron chi connectivity index (χ1n) is 6.63. The Hall–Kier alpha value is -2.28. The molecule has 0 fully saturated rings. The molecule has 0 aliphatic rings. The van der Waals surface area contributed by atoms with Gasteiger partial charge in [-0.2, -0.15) is 0 Å². The smallest absolute Gasteiger partial charge is 0.306 e. The van der Waals surface area contributed by atoms with Crippen molar-refractivity contribution in [3.8, 4) is 5.75 Å². The van der Waals surface area contributed by atoms with Gasteiger partial charge in [-0.15, -0.1) is 0 Å². The molecule has 0 unspecified atom stereocenters. The molecule has 0 radical (unpaired) electrons. The number of esters is 1. The van der Waals surface area contributed by atoms with E-state index >= 15 is 0 Å². The average molecular weight is 329 g/mol. The van der Waals surface area contributed by atoms with Gasteiger partial charge in [0.25, 0.3) is 11.8 Å². The number of carbonyl (C=O) groups excluding carboxylic acids is 3. The third-order valence-electron chi connectivity index (χ3n) is 2.34. The molecule has 22 heavy (non-hydrogen) atoms. The SMILES string of the molecule is CCCC(=O)OCC(=O)NNC(=O)COc1ccc(Cl)cc1. The number of ether oxygens (including phenoxy) is 2. The third-order valence-corrected chi connectivity index (χ3v) is 2.60. The minimum Gasteiger partial charge on any atom is -0.484 e. The van der Waals surface area contributed by atoms with Gasteiger partial charge in [-0.25, -0.2) is 0 Å². The summed E-state index contributed by atoms with van der Waals surface area (Å²) in [7, 11) is 0. The van der Waals surface area contributed by atoms with E-state index in [9.17, 15) is 14.4 Å². The van der Waals surface area contributed by atoms with E-state index < -0.39 is 24.4 Å². The summed E-state index contributed by atoms with van der Waals surface area (Å²) in [5.74, 6) is -1.18. The number of nitrogens with one attached hydrogen (secondary N) is 2. The zero-order valence-electron chi connectivity index (χ0n) is 12.1. The highest BCUT2D eigenvalue weighted by atomic mass is 35.5. The van der Waals surface area contributed by atoms with Crippen LogP contribution in [0.5, 0.6) is 5.75 Å². The van der Waals surface area contributed by atoms with Gasteiger partial charge >= 0.3 is 5.97 Å². The fourth-order valence-electron chi connectivity index (χ4n) is 1.31. The number of halogens is 1. The zero-order valence-corrected chi connectivity index (χ0v) is 12.8. The van der Waals surface area contributed by atoms with Crippen LogP contribution >= 0.6 is 11.6 Å². The van der Waals surface area contributed by atoms with E-state index in [0.717, 1.165) is 0 Å². The van der Waals surface area contributed by atoms with Crippen LogP contribution in [0.4, 0.5) is 0 Å². The summed E-state index contributed by atoms with van der Waals surface area (Å²) in [4.78, 5) is 33.8. The third kappa shape index (κ3) is 7.49. The molecule has 0 aliphatic carbocycles. The Balaban J connectivity index is 2.18. The van der Waals surface area contributed by atoms with E-state index in [2.05, 4.69) is 15.6 Å². The Bertz CT molecular complexity index is 518. The van der Waals surface area contributed by atoms with E-state index in [1.54, 1.807) is 24.3 Å². The lowest BCUT2D eigenvalue weighted by atomic mass is 10.3. The maximum absolute atomic E-state index is 11.4. The van der Waals surface area contributed by atoms with Crippen molar-refractivity contribution in [3.05, 3.63) is 29.3 Å². The standard InChI is InChI=1S/C14H17ClN2O5/c1-2-3-14(20)22-9-13(19)17-16-12(18)8-21-11-6-4-10(15)5-7-11/h4-7H,2-3,8-9H2,1H3,(H,16,18)(H,17,19). The summed E-state index contributed by atoms with van der Waals surface area (Å²) in [6.45, 7) is 1.09. The van der Waals surface area contributed by atoms with Crippen molar-refractivity contribution in [1.29, 1.82) is 0 Å². The molecule has 0 spiro atoms. The first-order valence-corrected chi connectivity index (χ1v) is 7.00. The average Bonchev–Trinajstić information content (AvgIpc) is 2.50. The van der Waals surface area contributed by atoms with E-state index in [-0.39, 0.29) is 13.0 Å². The van der Waals surface area contributed by atoms with E-state index in [0.29, 0.717) is 17.2 Å². The normalized spacial score (nSPS) is 9.73. The van der Waals surface area contributed by atoms with Gasteiger partial charge in [-0.3, -0.25) is 25.2 Å². The van der Waals surface area contributed by atoms with Gasteiger partial charge in [0.05, 0.1) is 0 Å². The molecule has 2 N–H and O–H groups in total. The van der Waals surface area contributed by atoms with Crippen LogP contribution in [0.15, 0.2) is 24.3 Å². The molecule has 0 bridgehead atoms. The highest BCUT2D eigenvalue weighted by Gasteiger charge is 2.08. The van der Waals surface area contributed by atoms with Crippen LogP contribution in [0.3, 0.4) is 0 Å². The lowest BCUT2D eigenvalue weighted by Gasteiger charge is -2.09. The van der Waals surface area contributed by atoms with Crippen molar-refractivity contribution in [3.63, 3.8) is 0 Å². The van der Waals surface area contributed by atoms with Gasteiger partial charge in [0.2, 0.25) is 0 Å². The van der Waals surface area contributed by atoms with Gasteiger partial charge in [-0.05, 0) is 30.7 Å². The minimum absolute atomic E-state index is 0.245. The Kier molecular flexibility index (Phi) is 7.77. The number of amides is 2. The fraction of sp³-hybridized carbons (Fsp3) is 0.357. The highest BCUT2D eigenvalue weighted by molar-refractivity contribution is 6.30. The van der Waals surface area contributed by atoms with Gasteiger partial charge in [-0.1, -0.05) is 18.5 Å². The summed E-state index contributed by atoms with van der Waals surface area (Å²) >= 11 is 5.71. The molecule has 0 atom stereocenters. The van der Waals surface area contributed by atoms with E-state index in [1.807, 2.05) is 6.92 Å². The van der Waals surface area contributed by atoms with Crippen LogP contribution in [0.2, 0.25) is 5.02 Å². The Labute approximate surface area is 132 Å². The van der Waals surface area contributed by atoms with Crippen molar-refractivity contribution >= 4 is 29.4 Å². The minimum atomic E-state index is -0.635. The summed E-state index contributed by atoms with van der Waals surface area (Å²) < 4.78 is 9.85. The lowest BCUT2D eigenvalue weighted by molar-refractivity contribution is -0.149. The summed E-state index contributed by atoms with van der Waals surface area (Å²) in [6, 6.07) is 6.48. The van der Waals surface area contributed by atoms with E-state index in [4.69, 9.17) is 16.3 Å². The van der Waals surface area contributed by atoms with Crippen LogP contribution in [0.1, 0.15) is 19.8 Å². The fourth-order valence-corrected chi connectivity index (χ4v) is 1.44. The second-order valence-electron chi connectivity index (χ2n) is 4.25. The molecule has 120 valence electrons. The van der Waals surface area contributed by atoms with Crippen LogP contribution in [-0.4, -0.2) is 31.0 Å². The second kappa shape index (κ2) is 9.62. The molecule has 7 nitrogen and oxygen atoms in total. The van der Waals surface area contributed by atoms with Gasteiger partial charge in [0, 0.05) is 11.4 Å². The molecule has 0 aliphatic heterocycles. The van der Waals surface area contributed by atoms with Crippen molar-refractivity contribution in [2.24, 2.45) is 0 Å². The number of benzene rings is 1. The van der Waals surface area contributed by atoms with Crippen molar-refractivity contribution in [1.82, 2.24) is 10.9 Å². The molecule has 0 saturated carbocycles. The van der Waals surface area contributed by atoms with Gasteiger partial charge < -0.3 is 9.47 Å². The molecule has 0 heterocycles. The molecule has 1 aromatic rings. The summed E-state index contributed by atoms with van der Waals surface area (Å²) in [5.41, 5.74) is 4.25. The highest BCUT2D eigenvalue weighted by Crippen LogP contribution is 2.15. The van der Waals surface area contributed by atoms with Crippen molar-refractivity contribution in [2.45, 2.75) is 19.8 Å². The number of hydrogen-bond acceptors (Lipinski definition) is 5. The number of carbonyl (C=O) groups is 3. The molecular formula is C14H17ClN2O5. The summed E-state index contributed by atoms with van der Waals surface area (Å²) in [6.07, 6.45) is 0.883. The summed E-state index contributed by atoms with van der Waals surface area (Å²) in [5, 5.41) is 0.557. The van der Waals surface area contributed by atoms with Crippen LogP contribution in [0.25, 0.3) is 0 Å². The monoisotopic (exact) mass is 328 g/mol. The van der Waals surface area contributed by atoms with Crippen molar-refractivity contribution in [2.75, 3.05) is 13.2 Å². The molecule has 1 rings (SSSR count). The van der Waals surface area contributed by atoms with E-state index in [1.165, 1.54) is 0 Å². The number of rotatable bonds is 7. The quantitative estimate of drug-likeness (QED) is 0.579. The Morgan fingerprint density at radius 2 is 1.64 bits per heavy atom. The Morgan fingerprint density at radius 3 is 2.23 bits per heavy atom. The largest absolute Gasteiger partial charge is 0.484 e. The topological polar surface area (TPSA) is 93.7 Å². The molecule has 1 aromatic carbocycles. The molecule has 0 aromatic heterocycles. The molecule has 0 saturated heterocycles. The predicted octanol–water partition coefficient (Wildman–Crippen LogP) is 1.21. The maximum atomic E-state index is 11.4. The Morgan fingerprint density at radius 1 is 1.05 bits per heavy atom. The maximum Gasteiger partial charge on any atom is 0.306 e. The van der Waals surface area contributed by atoms with Crippen LogP contribution in [-0.2, 0) is 19.1 Å². The number of hydrazine groups is 1. The van der Waals surface area contributed by atoms with Crippen LogP contribution < -0.4 is 15.6 Å². The first-order chi connectivity index (χ1) is 10.5. The molecular weight excluding hydrogens is 312 g/mol. The first kappa shape index (κ1) is 17.8. The van der Waals surface area contributed by atoms with Crippen molar-refractivity contribution < 1.29 is 23.9 Å². The van der Waals surface area contributed by atoms with Gasteiger partial charge in [0.15, 0.2) is 13.2 Å².